The molecule has 0 saturated carbocycles. The average molecular weight is 302 g/mol. The molecular formula is C12H16BrNO3. The Bertz CT molecular complexity index is 453. The van der Waals surface area contributed by atoms with Gasteiger partial charge in [-0.05, 0) is 40.4 Å². The van der Waals surface area contributed by atoms with Gasteiger partial charge in [0.2, 0.25) is 0 Å². The molecule has 1 aromatic rings. The van der Waals surface area contributed by atoms with Crippen molar-refractivity contribution in [2.45, 2.75) is 26.3 Å². The molecule has 1 heterocycles. The maximum atomic E-state index is 11.9. The summed E-state index contributed by atoms with van der Waals surface area (Å²) in [6, 6.07) is 2.81. The van der Waals surface area contributed by atoms with Crippen molar-refractivity contribution in [3.05, 3.63) is 33.2 Å². The zero-order valence-electron chi connectivity index (χ0n) is 10.1. The monoisotopic (exact) mass is 301 g/mol. The second-order valence-corrected chi connectivity index (χ2v) is 5.09. The third-order valence-corrected chi connectivity index (χ3v) is 3.04. The second kappa shape index (κ2) is 6.00. The Morgan fingerprint density at radius 3 is 2.71 bits per heavy atom. The first kappa shape index (κ1) is 14.0. The largest absolute Gasteiger partial charge is 0.467 e. The van der Waals surface area contributed by atoms with E-state index in [9.17, 15) is 9.59 Å². The lowest BCUT2D eigenvalue weighted by Crippen LogP contribution is -2.31. The number of nitrogens with zero attached hydrogens (tertiary/aromatic N) is 1. The summed E-state index contributed by atoms with van der Waals surface area (Å²) < 4.78 is 6.60. The van der Waals surface area contributed by atoms with Gasteiger partial charge in [0, 0.05) is 6.20 Å². The predicted octanol–water partition coefficient (Wildman–Crippen LogP) is 2.37. The van der Waals surface area contributed by atoms with Gasteiger partial charge < -0.3 is 9.30 Å². The van der Waals surface area contributed by atoms with E-state index in [-0.39, 0.29) is 11.5 Å². The first-order chi connectivity index (χ1) is 7.97. The minimum atomic E-state index is -0.565. The second-order valence-electron chi connectivity index (χ2n) is 4.24. The normalized spacial score (nSPS) is 12.5. The molecule has 0 saturated heterocycles. The molecule has 1 aromatic heterocycles. The summed E-state index contributed by atoms with van der Waals surface area (Å²) in [5.74, 6) is -0.0936. The average Bonchev–Trinajstić information content (AvgIpc) is 2.29. The standard InChI is InChI=1S/C12H16BrNO3/c1-8(2)7-10(12(16)17-3)14-6-4-5-9(13)11(14)15/h4-6,8,10H,7H2,1-3H3. The minimum Gasteiger partial charge on any atom is -0.467 e. The highest BCUT2D eigenvalue weighted by atomic mass is 79.9. The third-order valence-electron chi connectivity index (χ3n) is 2.43. The van der Waals surface area contributed by atoms with Crippen LogP contribution in [0.4, 0.5) is 0 Å². The van der Waals surface area contributed by atoms with E-state index in [0.717, 1.165) is 0 Å². The van der Waals surface area contributed by atoms with Gasteiger partial charge in [-0.15, -0.1) is 0 Å². The molecule has 0 aromatic carbocycles. The molecule has 0 radical (unpaired) electrons. The maximum absolute atomic E-state index is 11.9. The van der Waals surface area contributed by atoms with Gasteiger partial charge in [-0.25, -0.2) is 4.79 Å². The summed E-state index contributed by atoms with van der Waals surface area (Å²) in [6.45, 7) is 4.00. The van der Waals surface area contributed by atoms with E-state index in [1.54, 1.807) is 18.3 Å². The molecule has 94 valence electrons. The van der Waals surface area contributed by atoms with E-state index in [0.29, 0.717) is 16.8 Å². The number of ether oxygens (including phenoxy) is 1. The fraction of sp³-hybridized carbons (Fsp3) is 0.500. The van der Waals surface area contributed by atoms with Gasteiger partial charge in [0.25, 0.3) is 5.56 Å². The van der Waals surface area contributed by atoms with Crippen LogP contribution in [-0.2, 0) is 9.53 Å². The molecule has 5 heteroatoms. The Hall–Kier alpha value is -1.10. The van der Waals surface area contributed by atoms with E-state index in [2.05, 4.69) is 15.9 Å². The van der Waals surface area contributed by atoms with Crippen molar-refractivity contribution in [3.8, 4) is 0 Å². The maximum Gasteiger partial charge on any atom is 0.328 e. The number of pyridine rings is 1. The quantitative estimate of drug-likeness (QED) is 0.802. The molecule has 17 heavy (non-hydrogen) atoms. The molecular weight excluding hydrogens is 286 g/mol. The lowest BCUT2D eigenvalue weighted by molar-refractivity contribution is -0.145. The van der Waals surface area contributed by atoms with Gasteiger partial charge >= 0.3 is 5.97 Å². The smallest absolute Gasteiger partial charge is 0.328 e. The van der Waals surface area contributed by atoms with Crippen molar-refractivity contribution >= 4 is 21.9 Å². The van der Waals surface area contributed by atoms with Crippen molar-refractivity contribution in [1.29, 1.82) is 0 Å². The predicted molar refractivity (Wildman–Crippen MR) is 68.9 cm³/mol. The first-order valence-electron chi connectivity index (χ1n) is 5.41. The van der Waals surface area contributed by atoms with E-state index in [1.165, 1.54) is 11.7 Å². The van der Waals surface area contributed by atoms with Crippen LogP contribution in [0, 0.1) is 5.92 Å². The topological polar surface area (TPSA) is 48.3 Å². The van der Waals surface area contributed by atoms with E-state index < -0.39 is 6.04 Å². The molecule has 0 aliphatic rings. The van der Waals surface area contributed by atoms with Crippen LogP contribution >= 0.6 is 15.9 Å². The van der Waals surface area contributed by atoms with Crippen molar-refractivity contribution in [1.82, 2.24) is 4.57 Å². The summed E-state index contributed by atoms with van der Waals surface area (Å²) in [7, 11) is 1.33. The van der Waals surface area contributed by atoms with Gasteiger partial charge in [-0.3, -0.25) is 4.79 Å². The molecule has 1 rings (SSSR count). The third kappa shape index (κ3) is 3.43. The molecule has 4 nitrogen and oxygen atoms in total. The van der Waals surface area contributed by atoms with Gasteiger partial charge in [0.15, 0.2) is 0 Å². The summed E-state index contributed by atoms with van der Waals surface area (Å²) in [6.07, 6.45) is 2.18. The Morgan fingerprint density at radius 1 is 1.53 bits per heavy atom. The number of carbonyl (C=O) groups is 1. The first-order valence-corrected chi connectivity index (χ1v) is 6.21. The number of methoxy groups -OCH3 is 1. The van der Waals surface area contributed by atoms with Crippen LogP contribution in [0.2, 0.25) is 0 Å². The Kier molecular flexibility index (Phi) is 4.93. The van der Waals surface area contributed by atoms with Crippen LogP contribution in [-0.4, -0.2) is 17.6 Å². The highest BCUT2D eigenvalue weighted by Gasteiger charge is 2.23. The van der Waals surface area contributed by atoms with Crippen LogP contribution in [0.5, 0.6) is 0 Å². The number of hydrogen-bond donors (Lipinski definition) is 0. The summed E-state index contributed by atoms with van der Waals surface area (Å²) in [4.78, 5) is 23.6. The molecule has 0 spiro atoms. The highest BCUT2D eigenvalue weighted by molar-refractivity contribution is 9.10. The van der Waals surface area contributed by atoms with Crippen molar-refractivity contribution in [2.24, 2.45) is 5.92 Å². The Labute approximate surface area is 109 Å². The van der Waals surface area contributed by atoms with E-state index >= 15 is 0 Å². The van der Waals surface area contributed by atoms with Gasteiger partial charge in [-0.1, -0.05) is 13.8 Å². The number of esters is 1. The number of rotatable bonds is 4. The van der Waals surface area contributed by atoms with Crippen LogP contribution in [0.25, 0.3) is 0 Å². The van der Waals surface area contributed by atoms with Gasteiger partial charge in [0.05, 0.1) is 11.6 Å². The lowest BCUT2D eigenvalue weighted by atomic mass is 10.0. The molecule has 0 amide bonds. The molecule has 0 bridgehead atoms. The molecule has 1 atom stereocenters. The van der Waals surface area contributed by atoms with Crippen molar-refractivity contribution in [3.63, 3.8) is 0 Å². The zero-order chi connectivity index (χ0) is 13.0. The minimum absolute atomic E-state index is 0.219. The van der Waals surface area contributed by atoms with Crippen molar-refractivity contribution < 1.29 is 9.53 Å². The van der Waals surface area contributed by atoms with Crippen LogP contribution in [0.15, 0.2) is 27.6 Å². The van der Waals surface area contributed by atoms with Gasteiger partial charge in [0.1, 0.15) is 6.04 Å². The molecule has 0 aliphatic heterocycles. The summed E-state index contributed by atoms with van der Waals surface area (Å²) in [5.41, 5.74) is -0.219. The van der Waals surface area contributed by atoms with Crippen LogP contribution in [0.1, 0.15) is 26.3 Å². The molecule has 0 fully saturated rings. The molecule has 0 N–H and O–H groups in total. The Morgan fingerprint density at radius 2 is 2.18 bits per heavy atom. The fourth-order valence-electron chi connectivity index (χ4n) is 1.63. The summed E-state index contributed by atoms with van der Waals surface area (Å²) >= 11 is 3.17. The van der Waals surface area contributed by atoms with Crippen LogP contribution in [0.3, 0.4) is 0 Å². The number of hydrogen-bond acceptors (Lipinski definition) is 3. The molecule has 0 aliphatic carbocycles. The van der Waals surface area contributed by atoms with Crippen LogP contribution < -0.4 is 5.56 Å². The lowest BCUT2D eigenvalue weighted by Gasteiger charge is -2.19. The zero-order valence-corrected chi connectivity index (χ0v) is 11.7. The number of carbonyl (C=O) groups excluding carboxylic acids is 1. The highest BCUT2D eigenvalue weighted by Crippen LogP contribution is 2.18. The van der Waals surface area contributed by atoms with E-state index in [4.69, 9.17) is 4.74 Å². The Balaban J connectivity index is 3.17. The SMILES string of the molecule is COC(=O)C(CC(C)C)n1cccc(Br)c1=O. The summed E-state index contributed by atoms with van der Waals surface area (Å²) in [5, 5.41) is 0. The number of aromatic nitrogens is 1. The molecule has 1 unspecified atom stereocenters. The number of halogens is 1. The van der Waals surface area contributed by atoms with Gasteiger partial charge in [-0.2, -0.15) is 0 Å². The van der Waals surface area contributed by atoms with Crippen molar-refractivity contribution in [2.75, 3.05) is 7.11 Å². The van der Waals surface area contributed by atoms with E-state index in [1.807, 2.05) is 13.8 Å². The fourth-order valence-corrected chi connectivity index (χ4v) is 1.99.